The monoisotopic (exact) mass is 267 g/mol. The van der Waals surface area contributed by atoms with Crippen LogP contribution in [0.25, 0.3) is 0 Å². The molecule has 2 atom stereocenters. The second kappa shape index (κ2) is 6.37. The molecule has 2 N–H and O–H groups in total. The summed E-state index contributed by atoms with van der Waals surface area (Å²) in [6.45, 7) is 4.55. The summed E-state index contributed by atoms with van der Waals surface area (Å²) in [5, 5.41) is 0. The van der Waals surface area contributed by atoms with E-state index < -0.39 is 0 Å². The van der Waals surface area contributed by atoms with Gasteiger partial charge < -0.3 is 15.5 Å². The molecule has 0 aliphatic carbocycles. The van der Waals surface area contributed by atoms with E-state index in [1.165, 1.54) is 0 Å². The molecule has 5 nitrogen and oxygen atoms in total. The Morgan fingerprint density at radius 1 is 1.37 bits per heavy atom. The number of hydrogen-bond acceptors (Lipinski definition) is 3. The summed E-state index contributed by atoms with van der Waals surface area (Å²) in [6, 6.07) is 0.132. The van der Waals surface area contributed by atoms with Crippen LogP contribution in [-0.4, -0.2) is 53.8 Å². The van der Waals surface area contributed by atoms with Crippen molar-refractivity contribution >= 4 is 11.8 Å². The standard InChI is InChI=1S/C14H25N3O2/c1-11(15)12-5-4-8-16(9-12)14(19)10-17-7-3-2-6-13(17)18/h11-12H,2-10,15H2,1H3/t11-,12+/m0/s1. The molecule has 2 fully saturated rings. The van der Waals surface area contributed by atoms with E-state index in [1.54, 1.807) is 4.90 Å². The Labute approximate surface area is 115 Å². The van der Waals surface area contributed by atoms with Gasteiger partial charge in [0.25, 0.3) is 0 Å². The lowest BCUT2D eigenvalue weighted by Gasteiger charge is -2.36. The van der Waals surface area contributed by atoms with Crippen LogP contribution in [0.2, 0.25) is 0 Å². The smallest absolute Gasteiger partial charge is 0.242 e. The number of likely N-dealkylation sites (tertiary alicyclic amines) is 2. The maximum atomic E-state index is 12.3. The molecule has 0 unspecified atom stereocenters. The summed E-state index contributed by atoms with van der Waals surface area (Å²) in [5.41, 5.74) is 5.93. The van der Waals surface area contributed by atoms with Crippen molar-refractivity contribution in [2.24, 2.45) is 11.7 Å². The molecule has 5 heteroatoms. The van der Waals surface area contributed by atoms with Gasteiger partial charge in [0.05, 0.1) is 6.54 Å². The molecule has 108 valence electrons. The van der Waals surface area contributed by atoms with E-state index >= 15 is 0 Å². The van der Waals surface area contributed by atoms with Crippen LogP contribution in [0, 0.1) is 5.92 Å². The van der Waals surface area contributed by atoms with E-state index in [0.717, 1.165) is 45.3 Å². The highest BCUT2D eigenvalue weighted by Crippen LogP contribution is 2.19. The van der Waals surface area contributed by atoms with Crippen LogP contribution >= 0.6 is 0 Å². The summed E-state index contributed by atoms with van der Waals surface area (Å²) >= 11 is 0. The van der Waals surface area contributed by atoms with Crippen molar-refractivity contribution in [3.63, 3.8) is 0 Å². The average molecular weight is 267 g/mol. The fraction of sp³-hybridized carbons (Fsp3) is 0.857. The average Bonchev–Trinajstić information content (AvgIpc) is 2.41. The Kier molecular flexibility index (Phi) is 4.80. The Bertz CT molecular complexity index is 344. The zero-order valence-corrected chi connectivity index (χ0v) is 11.8. The van der Waals surface area contributed by atoms with Gasteiger partial charge in [0.15, 0.2) is 0 Å². The van der Waals surface area contributed by atoms with E-state index in [-0.39, 0.29) is 24.4 Å². The van der Waals surface area contributed by atoms with Crippen LogP contribution in [0.3, 0.4) is 0 Å². The van der Waals surface area contributed by atoms with E-state index in [2.05, 4.69) is 0 Å². The van der Waals surface area contributed by atoms with E-state index in [0.29, 0.717) is 12.3 Å². The number of nitrogens with two attached hydrogens (primary N) is 1. The molecule has 2 aliphatic heterocycles. The Morgan fingerprint density at radius 2 is 2.16 bits per heavy atom. The SMILES string of the molecule is C[C@H](N)[C@@H]1CCCN(C(=O)CN2CCCCC2=O)C1. The van der Waals surface area contributed by atoms with Crippen LogP contribution in [0.1, 0.15) is 39.0 Å². The van der Waals surface area contributed by atoms with Crippen molar-refractivity contribution in [3.05, 3.63) is 0 Å². The first kappa shape index (κ1) is 14.3. The van der Waals surface area contributed by atoms with E-state index in [4.69, 9.17) is 5.73 Å². The Balaban J connectivity index is 1.86. The molecule has 2 saturated heterocycles. The summed E-state index contributed by atoms with van der Waals surface area (Å²) in [5.74, 6) is 0.607. The minimum Gasteiger partial charge on any atom is -0.341 e. The zero-order valence-electron chi connectivity index (χ0n) is 11.8. The molecule has 0 aromatic carbocycles. The van der Waals surface area contributed by atoms with Crippen LogP contribution in [0.15, 0.2) is 0 Å². The summed E-state index contributed by atoms with van der Waals surface area (Å²) in [6.07, 6.45) is 4.69. The molecule has 2 rings (SSSR count). The lowest BCUT2D eigenvalue weighted by atomic mass is 9.92. The second-order valence-electron chi connectivity index (χ2n) is 5.87. The zero-order chi connectivity index (χ0) is 13.8. The molecule has 0 bridgehead atoms. The van der Waals surface area contributed by atoms with Crippen molar-refractivity contribution < 1.29 is 9.59 Å². The third-order valence-electron chi connectivity index (χ3n) is 4.30. The van der Waals surface area contributed by atoms with Crippen LogP contribution in [-0.2, 0) is 9.59 Å². The van der Waals surface area contributed by atoms with Gasteiger partial charge in [0.2, 0.25) is 11.8 Å². The van der Waals surface area contributed by atoms with Gasteiger partial charge in [-0.3, -0.25) is 9.59 Å². The molecule has 19 heavy (non-hydrogen) atoms. The molecule has 2 heterocycles. The second-order valence-corrected chi connectivity index (χ2v) is 5.87. The minimum absolute atomic E-state index is 0.0839. The number of nitrogens with zero attached hydrogens (tertiary/aromatic N) is 2. The first-order chi connectivity index (χ1) is 9.08. The van der Waals surface area contributed by atoms with Gasteiger partial charge in [-0.25, -0.2) is 0 Å². The topological polar surface area (TPSA) is 66.6 Å². The minimum atomic E-state index is 0.0839. The number of carbonyl (C=O) groups is 2. The van der Waals surface area contributed by atoms with E-state index in [1.807, 2.05) is 11.8 Å². The summed E-state index contributed by atoms with van der Waals surface area (Å²) in [7, 11) is 0. The highest BCUT2D eigenvalue weighted by molar-refractivity contribution is 5.85. The maximum Gasteiger partial charge on any atom is 0.242 e. The fourth-order valence-electron chi connectivity index (χ4n) is 2.96. The third kappa shape index (κ3) is 3.69. The van der Waals surface area contributed by atoms with Crippen LogP contribution < -0.4 is 5.73 Å². The predicted octanol–water partition coefficient (Wildman–Crippen LogP) is 0.585. The van der Waals surface area contributed by atoms with Crippen molar-refractivity contribution in [1.82, 2.24) is 9.80 Å². The van der Waals surface area contributed by atoms with Crippen LogP contribution in [0.4, 0.5) is 0 Å². The molecule has 0 radical (unpaired) electrons. The van der Waals surface area contributed by atoms with Gasteiger partial charge >= 0.3 is 0 Å². The molecule has 0 aromatic heterocycles. The van der Waals surface area contributed by atoms with Gasteiger partial charge in [0.1, 0.15) is 0 Å². The summed E-state index contributed by atoms with van der Waals surface area (Å²) in [4.78, 5) is 27.6. The van der Waals surface area contributed by atoms with Gasteiger partial charge in [-0.15, -0.1) is 0 Å². The summed E-state index contributed by atoms with van der Waals surface area (Å²) < 4.78 is 0. The number of hydrogen-bond donors (Lipinski definition) is 1. The first-order valence-electron chi connectivity index (χ1n) is 7.39. The van der Waals surface area contributed by atoms with Crippen molar-refractivity contribution in [1.29, 1.82) is 0 Å². The first-order valence-corrected chi connectivity index (χ1v) is 7.39. The third-order valence-corrected chi connectivity index (χ3v) is 4.30. The lowest BCUT2D eigenvalue weighted by molar-refractivity contribution is -0.142. The predicted molar refractivity (Wildman–Crippen MR) is 73.4 cm³/mol. The van der Waals surface area contributed by atoms with Gasteiger partial charge in [0, 0.05) is 32.1 Å². The molecule has 0 aromatic rings. The molecule has 0 spiro atoms. The normalized spacial score (nSPS) is 26.4. The van der Waals surface area contributed by atoms with Gasteiger partial charge in [-0.05, 0) is 38.5 Å². The molecule has 2 aliphatic rings. The number of amides is 2. The molecule has 2 amide bonds. The molecular formula is C14H25N3O2. The van der Waals surface area contributed by atoms with Crippen LogP contribution in [0.5, 0.6) is 0 Å². The van der Waals surface area contributed by atoms with Gasteiger partial charge in [-0.1, -0.05) is 0 Å². The number of rotatable bonds is 3. The molecule has 0 saturated carbocycles. The molecular weight excluding hydrogens is 242 g/mol. The number of carbonyl (C=O) groups excluding carboxylic acids is 2. The fourth-order valence-corrected chi connectivity index (χ4v) is 2.96. The highest BCUT2D eigenvalue weighted by atomic mass is 16.2. The van der Waals surface area contributed by atoms with Crippen molar-refractivity contribution in [2.45, 2.75) is 45.1 Å². The van der Waals surface area contributed by atoms with Crippen molar-refractivity contribution in [2.75, 3.05) is 26.2 Å². The Morgan fingerprint density at radius 3 is 2.84 bits per heavy atom. The largest absolute Gasteiger partial charge is 0.341 e. The quantitative estimate of drug-likeness (QED) is 0.813. The maximum absolute atomic E-state index is 12.3. The Hall–Kier alpha value is -1.10. The van der Waals surface area contributed by atoms with E-state index in [9.17, 15) is 9.59 Å². The number of piperidine rings is 2. The van der Waals surface area contributed by atoms with Gasteiger partial charge in [-0.2, -0.15) is 0 Å². The lowest BCUT2D eigenvalue weighted by Crippen LogP contribution is -2.49. The highest BCUT2D eigenvalue weighted by Gasteiger charge is 2.28. The van der Waals surface area contributed by atoms with Crippen molar-refractivity contribution in [3.8, 4) is 0 Å².